The topological polar surface area (TPSA) is 94.5 Å². The summed E-state index contributed by atoms with van der Waals surface area (Å²) in [6, 6.07) is 0. The molecule has 0 spiro atoms. The average Bonchev–Trinajstić information content (AvgIpc) is 3.14. The quantitative estimate of drug-likeness (QED) is 0.405. The highest BCUT2D eigenvalue weighted by atomic mass is 127. The van der Waals surface area contributed by atoms with Crippen LogP contribution >= 0.6 is 22.6 Å². The van der Waals surface area contributed by atoms with E-state index in [4.69, 9.17) is 11.1 Å². The predicted molar refractivity (Wildman–Crippen MR) is 83.2 cm³/mol. The van der Waals surface area contributed by atoms with Crippen molar-refractivity contribution in [3.05, 3.63) is 23.5 Å². The summed E-state index contributed by atoms with van der Waals surface area (Å²) in [7, 11) is 1.72. The highest BCUT2D eigenvalue weighted by molar-refractivity contribution is 14.1. The third-order valence-electron chi connectivity index (χ3n) is 2.66. The second-order valence-corrected chi connectivity index (χ2v) is 5.29. The molecule has 0 saturated heterocycles. The fourth-order valence-corrected chi connectivity index (χ4v) is 1.86. The predicted octanol–water partition coefficient (Wildman–Crippen LogP) is 1.19. The molecule has 18 heavy (non-hydrogen) atoms. The zero-order chi connectivity index (χ0) is 13.5. The highest BCUT2D eigenvalue weighted by Gasteiger charge is 2.21. The first-order valence-electron chi connectivity index (χ1n) is 5.81. The van der Waals surface area contributed by atoms with Gasteiger partial charge in [-0.3, -0.25) is 10.4 Å². The van der Waals surface area contributed by atoms with Gasteiger partial charge in [-0.1, -0.05) is 0 Å². The number of aliphatic hydroxyl groups is 1. The number of nitrogens with two attached hydrogens (primary N) is 1. The largest absolute Gasteiger partial charge is 0.404 e. The second-order valence-electron chi connectivity index (χ2n) is 4.21. The van der Waals surface area contributed by atoms with Gasteiger partial charge >= 0.3 is 0 Å². The van der Waals surface area contributed by atoms with Crippen LogP contribution in [0.1, 0.15) is 12.8 Å². The van der Waals surface area contributed by atoms with Crippen molar-refractivity contribution in [2.24, 2.45) is 16.6 Å². The summed E-state index contributed by atoms with van der Waals surface area (Å²) in [6.07, 6.45) is 6.10. The number of aliphatic imine (C=N–C) groups is 1. The van der Waals surface area contributed by atoms with Crippen molar-refractivity contribution in [2.45, 2.75) is 18.9 Å². The molecule has 0 amide bonds. The fraction of sp³-hybridized carbons (Fsp3) is 0.500. The van der Waals surface area contributed by atoms with Crippen LogP contribution in [-0.4, -0.2) is 34.7 Å². The van der Waals surface area contributed by atoms with Crippen molar-refractivity contribution in [1.29, 1.82) is 5.41 Å². The lowest BCUT2D eigenvalue weighted by Gasteiger charge is -2.14. The number of nitrogens with zero attached hydrogens (tertiary/aromatic N) is 1. The molecule has 0 radical (unpaired) electrons. The van der Waals surface area contributed by atoms with E-state index in [-0.39, 0.29) is 3.72 Å². The monoisotopic (exact) mass is 362 g/mol. The van der Waals surface area contributed by atoms with Gasteiger partial charge in [0.2, 0.25) is 0 Å². The van der Waals surface area contributed by atoms with Crippen molar-refractivity contribution in [3.8, 4) is 0 Å². The van der Waals surface area contributed by atoms with Gasteiger partial charge in [0.05, 0.1) is 3.72 Å². The summed E-state index contributed by atoms with van der Waals surface area (Å²) in [5.41, 5.74) is 6.50. The summed E-state index contributed by atoms with van der Waals surface area (Å²) in [4.78, 5) is 4.27. The lowest BCUT2D eigenvalue weighted by Crippen LogP contribution is -2.21. The molecule has 100 valence electrons. The molecule has 0 aromatic carbocycles. The van der Waals surface area contributed by atoms with Gasteiger partial charge in [-0.05, 0) is 41.4 Å². The number of aliphatic hydroxyl groups excluding tert-OH is 1. The molecule has 5 N–H and O–H groups in total. The van der Waals surface area contributed by atoms with E-state index in [1.807, 2.05) is 22.6 Å². The number of rotatable bonds is 7. The molecule has 0 aromatic heterocycles. The normalized spacial score (nSPS) is 19.1. The Morgan fingerprint density at radius 1 is 1.67 bits per heavy atom. The Balaban J connectivity index is 2.70. The van der Waals surface area contributed by atoms with Gasteiger partial charge in [0.1, 0.15) is 6.10 Å². The summed E-state index contributed by atoms with van der Waals surface area (Å²) in [6.45, 7) is 0.789. The molecule has 1 aliphatic carbocycles. The van der Waals surface area contributed by atoms with Gasteiger partial charge in [0.15, 0.2) is 0 Å². The lowest BCUT2D eigenvalue weighted by molar-refractivity contribution is 0.259. The van der Waals surface area contributed by atoms with E-state index < -0.39 is 6.10 Å². The minimum atomic E-state index is -0.921. The van der Waals surface area contributed by atoms with Crippen LogP contribution in [0.4, 0.5) is 0 Å². The van der Waals surface area contributed by atoms with Crippen molar-refractivity contribution >= 4 is 32.5 Å². The number of hydrogen-bond acceptors (Lipinski definition) is 5. The minimum Gasteiger partial charge on any atom is -0.404 e. The molecule has 1 saturated carbocycles. The second kappa shape index (κ2) is 7.52. The number of hydrogen-bond donors (Lipinski definition) is 4. The van der Waals surface area contributed by atoms with E-state index in [0.717, 1.165) is 6.54 Å². The van der Waals surface area contributed by atoms with E-state index in [2.05, 4.69) is 10.3 Å². The Morgan fingerprint density at radius 2 is 2.33 bits per heavy atom. The maximum atomic E-state index is 10.2. The molecular formula is C12H19IN4O. The van der Waals surface area contributed by atoms with E-state index in [9.17, 15) is 5.11 Å². The summed E-state index contributed by atoms with van der Waals surface area (Å²) < 4.78 is 0.268. The molecule has 5 nitrogen and oxygen atoms in total. The zero-order valence-corrected chi connectivity index (χ0v) is 12.5. The summed E-state index contributed by atoms with van der Waals surface area (Å²) in [5, 5.41) is 20.6. The first-order valence-corrected chi connectivity index (χ1v) is 6.89. The first-order chi connectivity index (χ1) is 8.60. The number of nitrogens with one attached hydrogen (secondary N) is 2. The molecule has 6 heteroatoms. The van der Waals surface area contributed by atoms with Crippen LogP contribution in [0.2, 0.25) is 0 Å². The van der Waals surface area contributed by atoms with Crippen LogP contribution in [0.5, 0.6) is 0 Å². The van der Waals surface area contributed by atoms with E-state index in [1.54, 1.807) is 19.5 Å². The van der Waals surface area contributed by atoms with Crippen LogP contribution in [0.15, 0.2) is 28.5 Å². The van der Waals surface area contributed by atoms with Crippen molar-refractivity contribution < 1.29 is 5.11 Å². The first kappa shape index (κ1) is 15.2. The zero-order valence-electron chi connectivity index (χ0n) is 10.4. The summed E-state index contributed by atoms with van der Waals surface area (Å²) in [5.74, 6) is 0.701. The molecule has 1 rings (SSSR count). The Labute approximate surface area is 121 Å². The van der Waals surface area contributed by atoms with Gasteiger partial charge < -0.3 is 16.2 Å². The fourth-order valence-electron chi connectivity index (χ4n) is 1.41. The minimum absolute atomic E-state index is 0.268. The SMILES string of the molecule is CN/C=C(\C(=N)I)C(O)C(C=NCC1CC1)=CN. The molecule has 1 fully saturated rings. The van der Waals surface area contributed by atoms with Crippen LogP contribution in [0, 0.1) is 11.3 Å². The van der Waals surface area contributed by atoms with E-state index in [1.165, 1.54) is 19.0 Å². The number of halogens is 1. The highest BCUT2D eigenvalue weighted by Crippen LogP contribution is 2.28. The molecular weight excluding hydrogens is 343 g/mol. The molecule has 1 aliphatic rings. The van der Waals surface area contributed by atoms with Gasteiger partial charge in [-0.25, -0.2) is 0 Å². The Bertz CT molecular complexity index is 386. The van der Waals surface area contributed by atoms with Gasteiger partial charge in [-0.15, -0.1) is 0 Å². The Hall–Kier alpha value is -0.890. The van der Waals surface area contributed by atoms with Crippen LogP contribution in [0.25, 0.3) is 0 Å². The van der Waals surface area contributed by atoms with Crippen LogP contribution < -0.4 is 11.1 Å². The molecule has 1 atom stereocenters. The molecule has 1 unspecified atom stereocenters. The third kappa shape index (κ3) is 4.77. The maximum Gasteiger partial charge on any atom is 0.111 e. The van der Waals surface area contributed by atoms with Crippen LogP contribution in [-0.2, 0) is 0 Å². The third-order valence-corrected chi connectivity index (χ3v) is 3.28. The summed E-state index contributed by atoms with van der Waals surface area (Å²) >= 11 is 1.85. The van der Waals surface area contributed by atoms with Crippen molar-refractivity contribution in [1.82, 2.24) is 5.32 Å². The van der Waals surface area contributed by atoms with Gasteiger partial charge in [-0.2, -0.15) is 0 Å². The van der Waals surface area contributed by atoms with E-state index in [0.29, 0.717) is 17.1 Å². The Morgan fingerprint density at radius 3 is 2.78 bits per heavy atom. The van der Waals surface area contributed by atoms with Crippen molar-refractivity contribution in [3.63, 3.8) is 0 Å². The van der Waals surface area contributed by atoms with Gasteiger partial charge in [0.25, 0.3) is 0 Å². The lowest BCUT2D eigenvalue weighted by atomic mass is 10.1. The van der Waals surface area contributed by atoms with E-state index >= 15 is 0 Å². The Kier molecular flexibility index (Phi) is 6.34. The van der Waals surface area contributed by atoms with Crippen molar-refractivity contribution in [2.75, 3.05) is 13.6 Å². The maximum absolute atomic E-state index is 10.2. The smallest absolute Gasteiger partial charge is 0.111 e. The molecule has 0 bridgehead atoms. The molecule has 0 aliphatic heterocycles. The average molecular weight is 362 g/mol. The van der Waals surface area contributed by atoms with Gasteiger partial charge in [0, 0.05) is 43.4 Å². The molecule has 0 aromatic rings. The van der Waals surface area contributed by atoms with Crippen LogP contribution in [0.3, 0.4) is 0 Å². The molecule has 0 heterocycles. The standard InChI is InChI=1S/C12H19IN4O/c1-16-7-10(12(13)15)11(18)9(4-14)6-17-5-8-2-3-8/h4,6-8,11,15-16,18H,2-3,5,14H2,1H3/b9-4?,10-7-,15-12?,17-6?.